The second kappa shape index (κ2) is 5.84. The summed E-state index contributed by atoms with van der Waals surface area (Å²) in [7, 11) is 0. The molecule has 0 aromatic heterocycles. The number of aliphatic hydroxyl groups is 1. The van der Waals surface area contributed by atoms with Gasteiger partial charge in [0.2, 0.25) is 0 Å². The van der Waals surface area contributed by atoms with E-state index >= 15 is 0 Å². The van der Waals surface area contributed by atoms with Crippen molar-refractivity contribution in [3.63, 3.8) is 0 Å². The monoisotopic (exact) mass is 274 g/mol. The van der Waals surface area contributed by atoms with Crippen LogP contribution >= 0.6 is 0 Å². The first kappa shape index (κ1) is 14.1. The van der Waals surface area contributed by atoms with Crippen LogP contribution in [0.2, 0.25) is 0 Å². The van der Waals surface area contributed by atoms with Gasteiger partial charge < -0.3 is 10.4 Å². The lowest BCUT2D eigenvalue weighted by Crippen LogP contribution is -2.35. The second-order valence-electron chi connectivity index (χ2n) is 6.50. The minimum atomic E-state index is 0.122. The van der Waals surface area contributed by atoms with Crippen LogP contribution in [0.25, 0.3) is 0 Å². The molecule has 20 heavy (non-hydrogen) atoms. The van der Waals surface area contributed by atoms with Crippen molar-refractivity contribution < 1.29 is 5.11 Å². The van der Waals surface area contributed by atoms with Crippen LogP contribution in [-0.4, -0.2) is 34.7 Å². The van der Waals surface area contributed by atoms with Crippen molar-refractivity contribution in [1.29, 1.82) is 0 Å². The van der Waals surface area contributed by atoms with Gasteiger partial charge in [-0.2, -0.15) is 0 Å². The minimum Gasteiger partial charge on any atom is -0.392 e. The number of nitrogens with one attached hydrogen (secondary N) is 1. The van der Waals surface area contributed by atoms with E-state index in [4.69, 9.17) is 0 Å². The van der Waals surface area contributed by atoms with Crippen molar-refractivity contribution in [2.45, 2.75) is 63.9 Å². The highest BCUT2D eigenvalue weighted by Crippen LogP contribution is 2.33. The molecule has 3 heteroatoms. The molecule has 1 aromatic rings. The maximum absolute atomic E-state index is 9.24. The highest BCUT2D eigenvalue weighted by Gasteiger charge is 2.38. The molecule has 1 saturated carbocycles. The van der Waals surface area contributed by atoms with E-state index in [1.807, 2.05) is 12.1 Å². The van der Waals surface area contributed by atoms with Crippen LogP contribution in [0.1, 0.15) is 50.3 Å². The molecule has 3 atom stereocenters. The third-order valence-corrected chi connectivity index (χ3v) is 4.76. The lowest BCUT2D eigenvalue weighted by molar-refractivity contribution is 0.254. The average molecular weight is 274 g/mol. The zero-order valence-corrected chi connectivity index (χ0v) is 12.5. The Morgan fingerprint density at radius 2 is 2.20 bits per heavy atom. The summed E-state index contributed by atoms with van der Waals surface area (Å²) in [5, 5.41) is 13.0. The Morgan fingerprint density at radius 3 is 2.90 bits per heavy atom. The maximum atomic E-state index is 9.24. The van der Waals surface area contributed by atoms with Gasteiger partial charge in [0.15, 0.2) is 0 Å². The Balaban J connectivity index is 1.59. The number of hydrogen-bond acceptors (Lipinski definition) is 3. The van der Waals surface area contributed by atoms with Crippen molar-refractivity contribution >= 4 is 0 Å². The molecule has 0 radical (unpaired) electrons. The molecule has 3 rings (SSSR count). The van der Waals surface area contributed by atoms with E-state index in [9.17, 15) is 5.11 Å². The van der Waals surface area contributed by atoms with Gasteiger partial charge in [0.1, 0.15) is 0 Å². The fourth-order valence-corrected chi connectivity index (χ4v) is 3.50. The Labute approximate surface area is 122 Å². The van der Waals surface area contributed by atoms with Crippen molar-refractivity contribution in [1.82, 2.24) is 10.2 Å². The number of hydrogen-bond donors (Lipinski definition) is 2. The van der Waals surface area contributed by atoms with Gasteiger partial charge in [-0.05, 0) is 44.2 Å². The van der Waals surface area contributed by atoms with E-state index in [0.29, 0.717) is 12.1 Å². The van der Waals surface area contributed by atoms with Gasteiger partial charge in [-0.3, -0.25) is 4.90 Å². The largest absolute Gasteiger partial charge is 0.392 e. The molecule has 0 spiro atoms. The van der Waals surface area contributed by atoms with E-state index in [2.05, 4.69) is 36.2 Å². The highest BCUT2D eigenvalue weighted by atomic mass is 16.3. The Morgan fingerprint density at radius 1 is 1.40 bits per heavy atom. The molecule has 2 aliphatic rings. The first-order valence-corrected chi connectivity index (χ1v) is 7.89. The summed E-state index contributed by atoms with van der Waals surface area (Å²) < 4.78 is 0. The first-order valence-electron chi connectivity index (χ1n) is 7.89. The smallest absolute Gasteiger partial charge is 0.0681 e. The Bertz CT molecular complexity index is 458. The van der Waals surface area contributed by atoms with Gasteiger partial charge in [0, 0.05) is 30.7 Å². The summed E-state index contributed by atoms with van der Waals surface area (Å²) in [5.74, 6) is 0. The standard InChI is InChI=1S/C17H26N2O/c1-12-8-16(10-19(12)17-6-7-17)18-13(2)15-5-3-4-14(9-15)11-20/h3-5,9,12-13,16-18,20H,6-8,10-11H2,1-2H3. The van der Waals surface area contributed by atoms with Crippen LogP contribution in [0.3, 0.4) is 0 Å². The van der Waals surface area contributed by atoms with Gasteiger partial charge in [-0.15, -0.1) is 0 Å². The SMILES string of the molecule is CC(NC1CC(C)N(C2CC2)C1)c1cccc(CO)c1. The van der Waals surface area contributed by atoms with Gasteiger partial charge in [0.05, 0.1) is 6.61 Å². The normalized spacial score (nSPS) is 28.8. The number of likely N-dealkylation sites (tertiary alicyclic amines) is 1. The number of aliphatic hydroxyl groups excluding tert-OH is 1. The lowest BCUT2D eigenvalue weighted by atomic mass is 10.0. The van der Waals surface area contributed by atoms with Gasteiger partial charge in [-0.1, -0.05) is 24.3 Å². The quantitative estimate of drug-likeness (QED) is 0.866. The second-order valence-corrected chi connectivity index (χ2v) is 6.50. The van der Waals surface area contributed by atoms with Gasteiger partial charge in [-0.25, -0.2) is 0 Å². The summed E-state index contributed by atoms with van der Waals surface area (Å²) in [4.78, 5) is 2.68. The summed E-state index contributed by atoms with van der Waals surface area (Å²) in [5.41, 5.74) is 2.27. The fraction of sp³-hybridized carbons (Fsp3) is 0.647. The maximum Gasteiger partial charge on any atom is 0.0681 e. The van der Waals surface area contributed by atoms with Crippen molar-refractivity contribution in [3.05, 3.63) is 35.4 Å². The summed E-state index contributed by atoms with van der Waals surface area (Å²) in [6, 6.07) is 10.8. The molecule has 110 valence electrons. The van der Waals surface area contributed by atoms with Crippen LogP contribution < -0.4 is 5.32 Å². The minimum absolute atomic E-state index is 0.122. The predicted molar refractivity (Wildman–Crippen MR) is 81.5 cm³/mol. The summed E-state index contributed by atoms with van der Waals surface area (Å²) in [6.45, 7) is 5.89. The van der Waals surface area contributed by atoms with Gasteiger partial charge in [0.25, 0.3) is 0 Å². The van der Waals surface area contributed by atoms with Crippen LogP contribution in [0.5, 0.6) is 0 Å². The van der Waals surface area contributed by atoms with E-state index < -0.39 is 0 Å². The molecular formula is C17H26N2O. The number of rotatable bonds is 5. The van der Waals surface area contributed by atoms with E-state index in [-0.39, 0.29) is 6.61 Å². The molecule has 1 aliphatic carbocycles. The fourth-order valence-electron chi connectivity index (χ4n) is 3.50. The number of nitrogens with zero attached hydrogens (tertiary/aromatic N) is 1. The molecule has 1 heterocycles. The lowest BCUT2D eigenvalue weighted by Gasteiger charge is -2.21. The molecule has 0 bridgehead atoms. The van der Waals surface area contributed by atoms with Crippen LogP contribution in [0, 0.1) is 0 Å². The Hall–Kier alpha value is -0.900. The van der Waals surface area contributed by atoms with Crippen molar-refractivity contribution in [2.75, 3.05) is 6.54 Å². The Kier molecular flexibility index (Phi) is 4.11. The molecular weight excluding hydrogens is 248 g/mol. The molecule has 1 aliphatic heterocycles. The molecule has 1 saturated heterocycles. The summed E-state index contributed by atoms with van der Waals surface area (Å²) >= 11 is 0. The van der Waals surface area contributed by atoms with Crippen molar-refractivity contribution in [3.8, 4) is 0 Å². The molecule has 2 fully saturated rings. The van der Waals surface area contributed by atoms with Crippen LogP contribution in [0.15, 0.2) is 24.3 Å². The van der Waals surface area contributed by atoms with Crippen molar-refractivity contribution in [2.24, 2.45) is 0 Å². The summed E-state index contributed by atoms with van der Waals surface area (Å²) in [6.07, 6.45) is 4.04. The molecule has 3 nitrogen and oxygen atoms in total. The highest BCUT2D eigenvalue weighted by molar-refractivity contribution is 5.25. The average Bonchev–Trinajstić information content (AvgIpc) is 3.23. The third kappa shape index (κ3) is 3.05. The van der Waals surface area contributed by atoms with Crippen LogP contribution in [0.4, 0.5) is 0 Å². The molecule has 0 amide bonds. The predicted octanol–water partition coefficient (Wildman–Crippen LogP) is 2.45. The molecule has 1 aromatic carbocycles. The zero-order valence-electron chi connectivity index (χ0n) is 12.5. The molecule has 3 unspecified atom stereocenters. The number of benzene rings is 1. The first-order chi connectivity index (χ1) is 9.67. The van der Waals surface area contributed by atoms with Crippen LogP contribution in [-0.2, 0) is 6.61 Å². The van der Waals surface area contributed by atoms with Gasteiger partial charge >= 0.3 is 0 Å². The molecule has 2 N–H and O–H groups in total. The third-order valence-electron chi connectivity index (χ3n) is 4.76. The van der Waals surface area contributed by atoms with E-state index in [1.165, 1.54) is 31.4 Å². The topological polar surface area (TPSA) is 35.5 Å². The van der Waals surface area contributed by atoms with E-state index in [0.717, 1.165) is 17.6 Å². The van der Waals surface area contributed by atoms with E-state index in [1.54, 1.807) is 0 Å². The zero-order chi connectivity index (χ0) is 14.1.